The van der Waals surface area contributed by atoms with Gasteiger partial charge in [-0.15, -0.1) is 0 Å². The highest BCUT2D eigenvalue weighted by atomic mass is 16.2. The van der Waals surface area contributed by atoms with Crippen LogP contribution in [0.1, 0.15) is 26.3 Å². The number of rotatable bonds is 4. The molecule has 0 spiro atoms. The van der Waals surface area contributed by atoms with E-state index in [1.807, 2.05) is 20.8 Å². The van der Waals surface area contributed by atoms with Gasteiger partial charge in [-0.1, -0.05) is 18.2 Å². The largest absolute Gasteiger partial charge is 0.369 e. The third-order valence-corrected chi connectivity index (χ3v) is 4.13. The number of hydrogen-bond acceptors (Lipinski definition) is 3. The van der Waals surface area contributed by atoms with Gasteiger partial charge in [0, 0.05) is 37.9 Å². The number of carbonyl (C=O) groups is 1. The molecule has 116 valence electrons. The second-order valence-corrected chi connectivity index (χ2v) is 6.15. The molecule has 0 saturated carbocycles. The maximum absolute atomic E-state index is 12.1. The molecule has 1 N–H and O–H groups in total. The van der Waals surface area contributed by atoms with Crippen molar-refractivity contribution in [2.45, 2.75) is 39.8 Å². The van der Waals surface area contributed by atoms with Crippen LogP contribution in [0.4, 0.5) is 5.69 Å². The minimum atomic E-state index is -0.0496. The lowest BCUT2D eigenvalue weighted by Gasteiger charge is -2.39. The molecule has 1 unspecified atom stereocenters. The smallest absolute Gasteiger partial charge is 0.237 e. The van der Waals surface area contributed by atoms with Crippen LogP contribution in [0.15, 0.2) is 24.3 Å². The van der Waals surface area contributed by atoms with Crippen molar-refractivity contribution in [1.29, 1.82) is 0 Å². The van der Waals surface area contributed by atoms with Gasteiger partial charge in [-0.05, 0) is 39.3 Å². The van der Waals surface area contributed by atoms with E-state index in [2.05, 4.69) is 46.3 Å². The molecule has 0 radical (unpaired) electrons. The van der Waals surface area contributed by atoms with Crippen molar-refractivity contribution in [3.8, 4) is 0 Å². The average molecular weight is 289 g/mol. The Kier molecular flexibility index (Phi) is 5.23. The number of nitrogens with zero attached hydrogens (tertiary/aromatic N) is 2. The third-order valence-electron chi connectivity index (χ3n) is 4.13. The van der Waals surface area contributed by atoms with Crippen LogP contribution in [0.3, 0.4) is 0 Å². The summed E-state index contributed by atoms with van der Waals surface area (Å²) in [4.78, 5) is 16.8. The zero-order chi connectivity index (χ0) is 15.4. The Balaban J connectivity index is 1.91. The SMILES string of the molecule is Cc1ccccc1N1CCN(C(C)C(=O)NC(C)C)CC1. The lowest BCUT2D eigenvalue weighted by Crippen LogP contribution is -2.54. The normalized spacial score (nSPS) is 17.9. The first kappa shape index (κ1) is 15.8. The lowest BCUT2D eigenvalue weighted by atomic mass is 10.1. The highest BCUT2D eigenvalue weighted by Gasteiger charge is 2.26. The van der Waals surface area contributed by atoms with Crippen LogP contribution in [0.2, 0.25) is 0 Å². The zero-order valence-corrected chi connectivity index (χ0v) is 13.6. The fourth-order valence-electron chi connectivity index (χ4n) is 2.84. The second-order valence-electron chi connectivity index (χ2n) is 6.15. The maximum atomic E-state index is 12.1. The Morgan fingerprint density at radius 3 is 2.29 bits per heavy atom. The van der Waals surface area contributed by atoms with Gasteiger partial charge in [-0.25, -0.2) is 0 Å². The van der Waals surface area contributed by atoms with Gasteiger partial charge in [-0.2, -0.15) is 0 Å². The molecule has 1 fully saturated rings. The Bertz CT molecular complexity index is 479. The molecule has 1 aliphatic heterocycles. The second kappa shape index (κ2) is 6.94. The van der Waals surface area contributed by atoms with Crippen molar-refractivity contribution in [1.82, 2.24) is 10.2 Å². The topological polar surface area (TPSA) is 35.6 Å². The van der Waals surface area contributed by atoms with Crippen molar-refractivity contribution < 1.29 is 4.79 Å². The molecular weight excluding hydrogens is 262 g/mol. The van der Waals surface area contributed by atoms with Gasteiger partial charge in [0.25, 0.3) is 0 Å². The van der Waals surface area contributed by atoms with E-state index in [0.717, 1.165) is 26.2 Å². The van der Waals surface area contributed by atoms with Gasteiger partial charge in [0.05, 0.1) is 6.04 Å². The molecule has 0 aliphatic carbocycles. The monoisotopic (exact) mass is 289 g/mol. The molecule has 4 heteroatoms. The molecule has 1 saturated heterocycles. The predicted octanol–water partition coefficient (Wildman–Crippen LogP) is 2.03. The van der Waals surface area contributed by atoms with E-state index in [4.69, 9.17) is 0 Å². The first-order chi connectivity index (χ1) is 9.99. The first-order valence-corrected chi connectivity index (χ1v) is 7.84. The van der Waals surface area contributed by atoms with Crippen LogP contribution in [-0.4, -0.2) is 49.1 Å². The molecule has 2 rings (SSSR count). The number of carbonyl (C=O) groups excluding carboxylic acids is 1. The summed E-state index contributed by atoms with van der Waals surface area (Å²) in [6.07, 6.45) is 0. The molecule has 0 aromatic heterocycles. The highest BCUT2D eigenvalue weighted by Crippen LogP contribution is 2.21. The van der Waals surface area contributed by atoms with Crippen molar-refractivity contribution >= 4 is 11.6 Å². The van der Waals surface area contributed by atoms with E-state index in [1.165, 1.54) is 11.3 Å². The summed E-state index contributed by atoms with van der Waals surface area (Å²) in [7, 11) is 0. The quantitative estimate of drug-likeness (QED) is 0.921. The standard InChI is InChI=1S/C17H27N3O/c1-13(2)18-17(21)15(4)19-9-11-20(12-10-19)16-8-6-5-7-14(16)3/h5-8,13,15H,9-12H2,1-4H3,(H,18,21). The molecule has 1 atom stereocenters. The minimum Gasteiger partial charge on any atom is -0.369 e. The van der Waals surface area contributed by atoms with E-state index in [1.54, 1.807) is 0 Å². The molecule has 4 nitrogen and oxygen atoms in total. The number of aryl methyl sites for hydroxylation is 1. The predicted molar refractivity (Wildman–Crippen MR) is 87.7 cm³/mol. The highest BCUT2D eigenvalue weighted by molar-refractivity contribution is 5.81. The summed E-state index contributed by atoms with van der Waals surface area (Å²) in [5, 5.41) is 3.00. The molecule has 1 aliphatic rings. The summed E-state index contributed by atoms with van der Waals surface area (Å²) in [5.41, 5.74) is 2.63. The number of para-hydroxylation sites is 1. The van der Waals surface area contributed by atoms with Gasteiger partial charge < -0.3 is 10.2 Å². The number of anilines is 1. The molecule has 0 bridgehead atoms. The first-order valence-electron chi connectivity index (χ1n) is 7.84. The summed E-state index contributed by atoms with van der Waals surface area (Å²) in [5.74, 6) is 0.134. The van der Waals surface area contributed by atoms with E-state index in [0.29, 0.717) is 0 Å². The molecular formula is C17H27N3O. The molecule has 1 aromatic carbocycles. The van der Waals surface area contributed by atoms with Gasteiger partial charge in [0.15, 0.2) is 0 Å². The van der Waals surface area contributed by atoms with Gasteiger partial charge in [0.1, 0.15) is 0 Å². The lowest BCUT2D eigenvalue weighted by molar-refractivity contribution is -0.126. The summed E-state index contributed by atoms with van der Waals surface area (Å²) in [6, 6.07) is 8.65. The zero-order valence-electron chi connectivity index (χ0n) is 13.6. The van der Waals surface area contributed by atoms with E-state index in [9.17, 15) is 4.79 Å². The van der Waals surface area contributed by atoms with Gasteiger partial charge in [-0.3, -0.25) is 9.69 Å². The van der Waals surface area contributed by atoms with Crippen LogP contribution in [0.25, 0.3) is 0 Å². The number of piperazine rings is 1. The van der Waals surface area contributed by atoms with Crippen LogP contribution in [0, 0.1) is 6.92 Å². The van der Waals surface area contributed by atoms with E-state index in [-0.39, 0.29) is 18.0 Å². The van der Waals surface area contributed by atoms with E-state index < -0.39 is 0 Å². The van der Waals surface area contributed by atoms with Gasteiger partial charge >= 0.3 is 0 Å². The molecule has 1 amide bonds. The molecule has 21 heavy (non-hydrogen) atoms. The average Bonchev–Trinajstić information content (AvgIpc) is 2.46. The Morgan fingerprint density at radius 1 is 1.10 bits per heavy atom. The fraction of sp³-hybridized carbons (Fsp3) is 0.588. The van der Waals surface area contributed by atoms with Gasteiger partial charge in [0.2, 0.25) is 5.91 Å². The Hall–Kier alpha value is -1.55. The number of benzene rings is 1. The Labute approximate surface area is 128 Å². The molecule has 1 aromatic rings. The van der Waals surface area contributed by atoms with Crippen LogP contribution in [-0.2, 0) is 4.79 Å². The third kappa shape index (κ3) is 3.97. The number of hydrogen-bond donors (Lipinski definition) is 1. The van der Waals surface area contributed by atoms with Crippen LogP contribution in [0.5, 0.6) is 0 Å². The summed E-state index contributed by atoms with van der Waals surface area (Å²) < 4.78 is 0. The minimum absolute atomic E-state index is 0.0496. The molecule has 1 heterocycles. The maximum Gasteiger partial charge on any atom is 0.237 e. The number of amides is 1. The van der Waals surface area contributed by atoms with Crippen LogP contribution < -0.4 is 10.2 Å². The van der Waals surface area contributed by atoms with Crippen molar-refractivity contribution in [3.63, 3.8) is 0 Å². The van der Waals surface area contributed by atoms with Crippen molar-refractivity contribution in [2.24, 2.45) is 0 Å². The number of nitrogens with one attached hydrogen (secondary N) is 1. The summed E-state index contributed by atoms with van der Waals surface area (Å²) in [6.45, 7) is 12.0. The van der Waals surface area contributed by atoms with Crippen molar-refractivity contribution in [3.05, 3.63) is 29.8 Å². The summed E-state index contributed by atoms with van der Waals surface area (Å²) >= 11 is 0. The van der Waals surface area contributed by atoms with Crippen molar-refractivity contribution in [2.75, 3.05) is 31.1 Å². The fourth-order valence-corrected chi connectivity index (χ4v) is 2.84. The Morgan fingerprint density at radius 2 is 1.71 bits per heavy atom. The van der Waals surface area contributed by atoms with E-state index >= 15 is 0 Å². The van der Waals surface area contributed by atoms with Crippen LogP contribution >= 0.6 is 0 Å².